The number of hydrogen-bond donors (Lipinski definition) is 1. The molecular weight excluding hydrogens is 222 g/mol. The maximum Gasteiger partial charge on any atom is 0.411 e. The molecule has 1 saturated heterocycles. The summed E-state index contributed by atoms with van der Waals surface area (Å²) in [6.45, 7) is 7.88. The third-order valence-electron chi connectivity index (χ3n) is 3.62. The highest BCUT2D eigenvalue weighted by atomic mass is 16.6. The van der Waals surface area contributed by atoms with Crippen molar-refractivity contribution < 1.29 is 19.4 Å². The summed E-state index contributed by atoms with van der Waals surface area (Å²) in [4.78, 5) is 24.5. The van der Waals surface area contributed by atoms with Crippen molar-refractivity contribution in [2.75, 3.05) is 6.54 Å². The Morgan fingerprint density at radius 1 is 1.35 bits per heavy atom. The van der Waals surface area contributed by atoms with E-state index in [-0.39, 0.29) is 5.92 Å². The number of fused-ring (bicyclic) bond motifs is 1. The van der Waals surface area contributed by atoms with Crippen LogP contribution in [-0.4, -0.2) is 40.3 Å². The number of piperidine rings is 1. The molecule has 5 heteroatoms. The number of rotatable bonds is 1. The predicted molar refractivity (Wildman–Crippen MR) is 60.5 cm³/mol. The number of amides is 1. The molecule has 0 bridgehead atoms. The molecule has 2 rings (SSSR count). The first-order chi connectivity index (χ1) is 7.72. The van der Waals surface area contributed by atoms with Gasteiger partial charge in [-0.15, -0.1) is 0 Å². The Balaban J connectivity index is 2.07. The van der Waals surface area contributed by atoms with Crippen LogP contribution in [0, 0.1) is 17.8 Å². The molecule has 1 saturated carbocycles. The van der Waals surface area contributed by atoms with E-state index in [9.17, 15) is 14.7 Å². The van der Waals surface area contributed by atoms with E-state index in [2.05, 4.69) is 0 Å². The van der Waals surface area contributed by atoms with Crippen LogP contribution in [0.2, 0.25) is 0 Å². The quantitative estimate of drug-likeness (QED) is 0.756. The number of aliphatic carboxylic acids is 1. The Hall–Kier alpha value is -1.26. The van der Waals surface area contributed by atoms with Crippen molar-refractivity contribution in [2.45, 2.75) is 39.3 Å². The highest BCUT2D eigenvalue weighted by Gasteiger charge is 2.63. The molecule has 5 nitrogen and oxygen atoms in total. The summed E-state index contributed by atoms with van der Waals surface area (Å²) in [7, 11) is 0. The molecule has 0 aromatic carbocycles. The average molecular weight is 241 g/mol. The highest BCUT2D eigenvalue weighted by molar-refractivity contribution is 5.82. The molecular formula is C12H19NO4. The van der Waals surface area contributed by atoms with Gasteiger partial charge in [-0.1, -0.05) is 6.92 Å². The van der Waals surface area contributed by atoms with E-state index in [1.807, 2.05) is 6.92 Å². The van der Waals surface area contributed by atoms with Crippen LogP contribution >= 0.6 is 0 Å². The van der Waals surface area contributed by atoms with Crippen LogP contribution in [0.3, 0.4) is 0 Å². The zero-order chi connectivity index (χ0) is 13.0. The van der Waals surface area contributed by atoms with Gasteiger partial charge in [-0.3, -0.25) is 4.90 Å². The minimum Gasteiger partial charge on any atom is -0.480 e. The minimum absolute atomic E-state index is 0.111. The van der Waals surface area contributed by atoms with Crippen LogP contribution in [0.1, 0.15) is 27.7 Å². The number of carbonyl (C=O) groups excluding carboxylic acids is 1. The van der Waals surface area contributed by atoms with Crippen molar-refractivity contribution in [1.29, 1.82) is 0 Å². The van der Waals surface area contributed by atoms with E-state index >= 15 is 0 Å². The third-order valence-corrected chi connectivity index (χ3v) is 3.62. The molecule has 2 aliphatic rings. The summed E-state index contributed by atoms with van der Waals surface area (Å²) in [6.07, 6.45) is -0.510. The smallest absolute Gasteiger partial charge is 0.411 e. The summed E-state index contributed by atoms with van der Waals surface area (Å²) in [5.74, 6) is -0.0638. The molecule has 17 heavy (non-hydrogen) atoms. The Bertz CT molecular complexity index is 360. The fourth-order valence-electron chi connectivity index (χ4n) is 2.74. The predicted octanol–water partition coefficient (Wildman–Crippen LogP) is 1.57. The van der Waals surface area contributed by atoms with Gasteiger partial charge in [0.25, 0.3) is 0 Å². The van der Waals surface area contributed by atoms with E-state index < -0.39 is 23.7 Å². The lowest BCUT2D eigenvalue weighted by Gasteiger charge is -2.29. The van der Waals surface area contributed by atoms with Gasteiger partial charge in [-0.05, 0) is 38.5 Å². The van der Waals surface area contributed by atoms with Crippen LogP contribution in [0.15, 0.2) is 0 Å². The Kier molecular flexibility index (Phi) is 2.60. The standard InChI is InChI=1S/C12H19NO4/c1-6-7-5-13(9(8(6)7)10(14)15)11(16)17-12(2,3)4/h6-9H,5H2,1-4H3,(H,14,15)/t6?,7-,8?,9+/m0/s1. The topological polar surface area (TPSA) is 66.8 Å². The number of carbonyl (C=O) groups is 2. The van der Waals surface area contributed by atoms with E-state index in [1.165, 1.54) is 4.90 Å². The molecule has 2 fully saturated rings. The average Bonchev–Trinajstić information content (AvgIpc) is 2.60. The van der Waals surface area contributed by atoms with Gasteiger partial charge in [0.1, 0.15) is 11.6 Å². The first-order valence-electron chi connectivity index (χ1n) is 5.95. The number of ether oxygens (including phenoxy) is 1. The zero-order valence-electron chi connectivity index (χ0n) is 10.6. The Morgan fingerprint density at radius 3 is 2.41 bits per heavy atom. The number of nitrogens with zero attached hydrogens (tertiary/aromatic N) is 1. The van der Waals surface area contributed by atoms with Gasteiger partial charge in [-0.2, -0.15) is 0 Å². The highest BCUT2D eigenvalue weighted by Crippen LogP contribution is 2.55. The molecule has 0 aromatic rings. The summed E-state index contributed by atoms with van der Waals surface area (Å²) >= 11 is 0. The molecule has 0 spiro atoms. The fraction of sp³-hybridized carbons (Fsp3) is 0.833. The summed E-state index contributed by atoms with van der Waals surface area (Å²) in [5, 5.41) is 9.20. The second-order valence-corrected chi connectivity index (χ2v) is 6.02. The van der Waals surface area contributed by atoms with Crippen molar-refractivity contribution >= 4 is 12.1 Å². The fourth-order valence-corrected chi connectivity index (χ4v) is 2.74. The van der Waals surface area contributed by atoms with Gasteiger partial charge in [0.2, 0.25) is 0 Å². The van der Waals surface area contributed by atoms with Crippen LogP contribution in [0.25, 0.3) is 0 Å². The number of likely N-dealkylation sites (tertiary alicyclic amines) is 1. The van der Waals surface area contributed by atoms with Crippen molar-refractivity contribution in [3.8, 4) is 0 Å². The van der Waals surface area contributed by atoms with Crippen LogP contribution < -0.4 is 0 Å². The summed E-state index contributed by atoms with van der Waals surface area (Å²) < 4.78 is 5.23. The molecule has 0 radical (unpaired) electrons. The molecule has 0 aromatic heterocycles. The molecule has 2 unspecified atom stereocenters. The van der Waals surface area contributed by atoms with Gasteiger partial charge in [0, 0.05) is 6.54 Å². The Labute approximate surface area is 101 Å². The summed E-state index contributed by atoms with van der Waals surface area (Å²) in [6, 6.07) is -0.704. The van der Waals surface area contributed by atoms with Gasteiger partial charge < -0.3 is 9.84 Å². The first-order valence-corrected chi connectivity index (χ1v) is 5.95. The van der Waals surface area contributed by atoms with Gasteiger partial charge in [0.05, 0.1) is 0 Å². The van der Waals surface area contributed by atoms with Crippen molar-refractivity contribution in [3.63, 3.8) is 0 Å². The lowest BCUT2D eigenvalue weighted by Crippen LogP contribution is -2.46. The van der Waals surface area contributed by atoms with Gasteiger partial charge in [0.15, 0.2) is 0 Å². The second-order valence-electron chi connectivity index (χ2n) is 6.02. The number of carboxylic acids is 1. The zero-order valence-corrected chi connectivity index (χ0v) is 10.6. The normalized spacial score (nSPS) is 35.4. The van der Waals surface area contributed by atoms with E-state index in [4.69, 9.17) is 4.74 Å². The van der Waals surface area contributed by atoms with Gasteiger partial charge in [-0.25, -0.2) is 9.59 Å². The Morgan fingerprint density at radius 2 is 1.94 bits per heavy atom. The molecule has 1 aliphatic carbocycles. The van der Waals surface area contributed by atoms with E-state index in [0.29, 0.717) is 18.4 Å². The lowest BCUT2D eigenvalue weighted by atomic mass is 10.1. The van der Waals surface area contributed by atoms with Gasteiger partial charge >= 0.3 is 12.1 Å². The largest absolute Gasteiger partial charge is 0.480 e. The third kappa shape index (κ3) is 2.10. The van der Waals surface area contributed by atoms with Crippen LogP contribution in [0.5, 0.6) is 0 Å². The number of carboxylic acid groups (broad SMARTS) is 1. The van der Waals surface area contributed by atoms with E-state index in [0.717, 1.165) is 0 Å². The van der Waals surface area contributed by atoms with Crippen molar-refractivity contribution in [1.82, 2.24) is 4.90 Å². The van der Waals surface area contributed by atoms with Crippen molar-refractivity contribution in [2.24, 2.45) is 17.8 Å². The SMILES string of the molecule is CC1C2[C@H]1CN(C(=O)OC(C)(C)C)[C@H]2C(=O)O. The second kappa shape index (κ2) is 3.62. The minimum atomic E-state index is -0.923. The molecule has 96 valence electrons. The monoisotopic (exact) mass is 241 g/mol. The molecule has 4 atom stereocenters. The molecule has 1 heterocycles. The maximum atomic E-state index is 11.9. The lowest BCUT2D eigenvalue weighted by molar-refractivity contribution is -0.143. The van der Waals surface area contributed by atoms with Crippen LogP contribution in [-0.2, 0) is 9.53 Å². The summed E-state index contributed by atoms with van der Waals surface area (Å²) in [5.41, 5.74) is -0.585. The first kappa shape index (κ1) is 12.2. The molecule has 1 aliphatic heterocycles. The molecule has 1 N–H and O–H groups in total. The number of hydrogen-bond acceptors (Lipinski definition) is 3. The molecule has 1 amide bonds. The van der Waals surface area contributed by atoms with E-state index in [1.54, 1.807) is 20.8 Å². The maximum absolute atomic E-state index is 11.9. The van der Waals surface area contributed by atoms with Crippen molar-refractivity contribution in [3.05, 3.63) is 0 Å². The van der Waals surface area contributed by atoms with Crippen LogP contribution in [0.4, 0.5) is 4.79 Å².